The predicted octanol–water partition coefficient (Wildman–Crippen LogP) is 3.65. The van der Waals surface area contributed by atoms with Gasteiger partial charge in [0.2, 0.25) is 0 Å². The molecule has 0 radical (unpaired) electrons. The zero-order valence-electron chi connectivity index (χ0n) is 15.8. The molecule has 2 aliphatic rings. The van der Waals surface area contributed by atoms with Gasteiger partial charge in [0, 0.05) is 41.7 Å². The van der Waals surface area contributed by atoms with Crippen LogP contribution >= 0.6 is 0 Å². The van der Waals surface area contributed by atoms with Crippen LogP contribution in [0.25, 0.3) is 0 Å². The van der Waals surface area contributed by atoms with E-state index in [9.17, 15) is 0 Å². The van der Waals surface area contributed by atoms with E-state index in [4.69, 9.17) is 9.72 Å². The fraction of sp³-hybridized carbons (Fsp3) is 0.619. The lowest BCUT2D eigenvalue weighted by molar-refractivity contribution is -0.104. The van der Waals surface area contributed by atoms with Crippen LogP contribution in [0.3, 0.4) is 0 Å². The van der Waals surface area contributed by atoms with Crippen LogP contribution in [0.1, 0.15) is 61.9 Å². The van der Waals surface area contributed by atoms with Crippen molar-refractivity contribution in [2.45, 2.75) is 69.4 Å². The minimum atomic E-state index is 0.0942. The zero-order valence-corrected chi connectivity index (χ0v) is 15.8. The summed E-state index contributed by atoms with van der Waals surface area (Å²) in [7, 11) is 0. The van der Waals surface area contributed by atoms with Crippen molar-refractivity contribution in [3.8, 4) is 0 Å². The van der Waals surface area contributed by atoms with Gasteiger partial charge >= 0.3 is 0 Å². The average Bonchev–Trinajstić information content (AvgIpc) is 3.29. The lowest BCUT2D eigenvalue weighted by Crippen LogP contribution is -2.47. The van der Waals surface area contributed by atoms with E-state index in [0.717, 1.165) is 44.7 Å². The normalized spacial score (nSPS) is 25.0. The highest BCUT2D eigenvalue weighted by molar-refractivity contribution is 5.21. The third-order valence-corrected chi connectivity index (χ3v) is 6.40. The Morgan fingerprint density at radius 1 is 1.23 bits per heavy atom. The third kappa shape index (κ3) is 3.55. The summed E-state index contributed by atoms with van der Waals surface area (Å²) in [6, 6.07) is 6.36. The summed E-state index contributed by atoms with van der Waals surface area (Å²) < 4.78 is 6.32. The Labute approximate surface area is 156 Å². The smallest absolute Gasteiger partial charge is 0.0691 e. The molecule has 0 bridgehead atoms. The van der Waals surface area contributed by atoms with Crippen molar-refractivity contribution in [1.82, 2.24) is 20.5 Å². The SMILES string of the molecule is Cc1[nH]ncc1CNCC[C@]1(c2ccccn2)CCOC2(CCCC2)C1. The number of aromatic amines is 1. The van der Waals surface area contributed by atoms with Gasteiger partial charge in [-0.15, -0.1) is 0 Å². The molecule has 1 saturated heterocycles. The third-order valence-electron chi connectivity index (χ3n) is 6.40. The molecule has 0 aromatic carbocycles. The monoisotopic (exact) mass is 354 g/mol. The summed E-state index contributed by atoms with van der Waals surface area (Å²) in [5.41, 5.74) is 3.86. The molecule has 1 aliphatic heterocycles. The summed E-state index contributed by atoms with van der Waals surface area (Å²) in [5.74, 6) is 0. The van der Waals surface area contributed by atoms with Gasteiger partial charge in [0.05, 0.1) is 11.8 Å². The van der Waals surface area contributed by atoms with Crippen LogP contribution in [0, 0.1) is 6.92 Å². The number of nitrogens with zero attached hydrogens (tertiary/aromatic N) is 2. The summed E-state index contributed by atoms with van der Waals surface area (Å²) in [6.07, 6.45) is 12.2. The first-order valence-corrected chi connectivity index (χ1v) is 9.97. The van der Waals surface area contributed by atoms with E-state index in [1.54, 1.807) is 0 Å². The van der Waals surface area contributed by atoms with Gasteiger partial charge in [-0.05, 0) is 57.7 Å². The van der Waals surface area contributed by atoms with E-state index in [1.165, 1.54) is 36.9 Å². The van der Waals surface area contributed by atoms with Gasteiger partial charge in [0.25, 0.3) is 0 Å². The number of hydrogen-bond donors (Lipinski definition) is 2. The first-order valence-electron chi connectivity index (χ1n) is 9.97. The van der Waals surface area contributed by atoms with Crippen LogP contribution in [0.2, 0.25) is 0 Å². The van der Waals surface area contributed by atoms with Gasteiger partial charge in [-0.2, -0.15) is 5.10 Å². The van der Waals surface area contributed by atoms with Crippen LogP contribution in [0.5, 0.6) is 0 Å². The lowest BCUT2D eigenvalue weighted by Gasteiger charge is -2.46. The molecule has 140 valence electrons. The predicted molar refractivity (Wildman–Crippen MR) is 102 cm³/mol. The molecule has 1 aliphatic carbocycles. The molecule has 1 saturated carbocycles. The highest BCUT2D eigenvalue weighted by atomic mass is 16.5. The van der Waals surface area contributed by atoms with Crippen molar-refractivity contribution in [1.29, 1.82) is 0 Å². The Hall–Kier alpha value is -1.72. The lowest BCUT2D eigenvalue weighted by atomic mass is 9.68. The quantitative estimate of drug-likeness (QED) is 0.777. The van der Waals surface area contributed by atoms with E-state index < -0.39 is 0 Å². The highest BCUT2D eigenvalue weighted by Crippen LogP contribution is 2.49. The molecule has 5 nitrogen and oxygen atoms in total. The highest BCUT2D eigenvalue weighted by Gasteiger charge is 2.48. The molecular formula is C21H30N4O. The second-order valence-corrected chi connectivity index (χ2v) is 8.11. The van der Waals surface area contributed by atoms with E-state index in [0.29, 0.717) is 0 Å². The number of hydrogen-bond acceptors (Lipinski definition) is 4. The molecule has 26 heavy (non-hydrogen) atoms. The standard InChI is InChI=1S/C21H30N4O/c1-17-18(15-24-25-17)14-22-12-9-20(19-6-2-5-11-23-19)10-13-26-21(16-20)7-3-4-8-21/h2,5-6,11,15,22H,3-4,7-10,12-14,16H2,1H3,(H,24,25)/t20-/m0/s1. The topological polar surface area (TPSA) is 62.8 Å². The van der Waals surface area contributed by atoms with E-state index in [-0.39, 0.29) is 11.0 Å². The van der Waals surface area contributed by atoms with Crippen molar-refractivity contribution in [3.63, 3.8) is 0 Å². The molecule has 2 aromatic heterocycles. The molecule has 2 fully saturated rings. The maximum Gasteiger partial charge on any atom is 0.0691 e. The Kier molecular flexibility index (Phi) is 5.09. The van der Waals surface area contributed by atoms with Crippen molar-refractivity contribution < 1.29 is 4.74 Å². The molecule has 1 spiro atoms. The van der Waals surface area contributed by atoms with E-state index >= 15 is 0 Å². The Morgan fingerprint density at radius 3 is 2.85 bits per heavy atom. The van der Waals surface area contributed by atoms with Gasteiger partial charge in [-0.3, -0.25) is 10.1 Å². The molecule has 0 unspecified atom stereocenters. The second-order valence-electron chi connectivity index (χ2n) is 8.11. The van der Waals surface area contributed by atoms with Gasteiger partial charge in [-0.1, -0.05) is 18.9 Å². The molecule has 0 amide bonds. The molecule has 4 rings (SSSR count). The summed E-state index contributed by atoms with van der Waals surface area (Å²) >= 11 is 0. The first-order chi connectivity index (χ1) is 12.7. The van der Waals surface area contributed by atoms with Crippen LogP contribution < -0.4 is 5.32 Å². The minimum absolute atomic E-state index is 0.0942. The van der Waals surface area contributed by atoms with Crippen LogP contribution in [0.4, 0.5) is 0 Å². The Bertz CT molecular complexity index is 708. The van der Waals surface area contributed by atoms with Crippen molar-refractivity contribution in [2.75, 3.05) is 13.2 Å². The molecule has 1 atom stereocenters. The number of H-pyrrole nitrogens is 1. The maximum atomic E-state index is 6.32. The number of pyridine rings is 1. The number of aryl methyl sites for hydroxylation is 1. The minimum Gasteiger partial charge on any atom is -0.375 e. The molecule has 5 heteroatoms. The Morgan fingerprint density at radius 2 is 2.12 bits per heavy atom. The first kappa shape index (κ1) is 17.7. The number of rotatable bonds is 6. The molecule has 2 N–H and O–H groups in total. The fourth-order valence-electron chi connectivity index (χ4n) is 4.90. The van der Waals surface area contributed by atoms with Gasteiger partial charge in [0.15, 0.2) is 0 Å². The van der Waals surface area contributed by atoms with Crippen molar-refractivity contribution in [3.05, 3.63) is 47.5 Å². The Balaban J connectivity index is 1.47. The van der Waals surface area contributed by atoms with Crippen LogP contribution in [0.15, 0.2) is 30.6 Å². The van der Waals surface area contributed by atoms with Crippen LogP contribution in [-0.2, 0) is 16.7 Å². The average molecular weight is 354 g/mol. The number of nitrogens with one attached hydrogen (secondary N) is 2. The number of aromatic nitrogens is 3. The van der Waals surface area contributed by atoms with Gasteiger partial charge in [0.1, 0.15) is 0 Å². The molecule has 3 heterocycles. The van der Waals surface area contributed by atoms with E-state index in [2.05, 4.69) is 34.6 Å². The summed E-state index contributed by atoms with van der Waals surface area (Å²) in [6.45, 7) is 4.78. The maximum absolute atomic E-state index is 6.32. The van der Waals surface area contributed by atoms with E-state index in [1.807, 2.05) is 18.5 Å². The zero-order chi connectivity index (χ0) is 17.9. The van der Waals surface area contributed by atoms with Crippen molar-refractivity contribution >= 4 is 0 Å². The van der Waals surface area contributed by atoms with Crippen LogP contribution in [-0.4, -0.2) is 33.9 Å². The van der Waals surface area contributed by atoms with Crippen molar-refractivity contribution in [2.24, 2.45) is 0 Å². The fourth-order valence-corrected chi connectivity index (χ4v) is 4.90. The van der Waals surface area contributed by atoms with Gasteiger partial charge in [-0.25, -0.2) is 0 Å². The summed E-state index contributed by atoms with van der Waals surface area (Å²) in [4.78, 5) is 4.77. The van der Waals surface area contributed by atoms with Gasteiger partial charge < -0.3 is 10.1 Å². The number of ether oxygens (including phenoxy) is 1. The molecule has 2 aromatic rings. The summed E-state index contributed by atoms with van der Waals surface area (Å²) in [5, 5.41) is 10.7. The second kappa shape index (κ2) is 7.49. The molecular weight excluding hydrogens is 324 g/mol. The largest absolute Gasteiger partial charge is 0.375 e.